The van der Waals surface area contributed by atoms with Gasteiger partial charge in [0.05, 0.1) is 22.8 Å². The van der Waals surface area contributed by atoms with Crippen molar-refractivity contribution in [3.63, 3.8) is 0 Å². The number of aromatic nitrogens is 2. The third-order valence-corrected chi connectivity index (χ3v) is 3.40. The molecule has 0 saturated heterocycles. The van der Waals surface area contributed by atoms with Gasteiger partial charge in [0.25, 0.3) is 0 Å². The van der Waals surface area contributed by atoms with E-state index in [1.54, 1.807) is 12.4 Å². The van der Waals surface area contributed by atoms with E-state index in [9.17, 15) is 0 Å². The second-order valence-corrected chi connectivity index (χ2v) is 7.00. The van der Waals surface area contributed by atoms with Crippen LogP contribution in [-0.4, -0.2) is 27.1 Å². The molecule has 2 aromatic rings. The number of halogens is 2. The van der Waals surface area contributed by atoms with Crippen molar-refractivity contribution in [1.82, 2.24) is 9.97 Å². The molecule has 136 valence electrons. The number of rotatable bonds is 4. The first kappa shape index (κ1) is 20.5. The van der Waals surface area contributed by atoms with Gasteiger partial charge in [0.15, 0.2) is 11.6 Å². The van der Waals surface area contributed by atoms with Gasteiger partial charge in [0.1, 0.15) is 0 Å². The Bertz CT molecular complexity index is 833. The number of nitrogens with zero attached hydrogens (tertiary/aromatic N) is 5. The standard InChI is InChI=1S/C18H17N5.2ClH.Fe/c1-13(21-17-7-3-5-11-19-17)15-9-10-16(23-15)14(2)22-18-8-4-6-12-20-18;;;/h3-9,11-12H,10H2,1-2H3;2*1H;/q;;;+2/p-2/b21-13+,22-14+;;;. The monoisotopic (exact) mass is 429 g/mol. The second-order valence-electron chi connectivity index (χ2n) is 5.17. The summed E-state index contributed by atoms with van der Waals surface area (Å²) in [4.78, 5) is 22.1. The molecule has 5 nitrogen and oxygen atoms in total. The summed E-state index contributed by atoms with van der Waals surface area (Å²) < 4.78 is 0. The fraction of sp³-hybridized carbons (Fsp3) is 0.167. The zero-order valence-corrected chi connectivity index (χ0v) is 16.9. The van der Waals surface area contributed by atoms with Crippen molar-refractivity contribution < 1.29 is 13.1 Å². The molecule has 0 aromatic carbocycles. The fourth-order valence-corrected chi connectivity index (χ4v) is 2.19. The zero-order chi connectivity index (χ0) is 18.8. The average molecular weight is 430 g/mol. The molecular weight excluding hydrogens is 413 g/mol. The van der Waals surface area contributed by atoms with Crippen molar-refractivity contribution in [3.05, 3.63) is 60.6 Å². The third kappa shape index (κ3) is 6.46. The molecular formula is C18H17Cl2FeN5. The summed E-state index contributed by atoms with van der Waals surface area (Å²) in [5.74, 6) is 1.38. The Morgan fingerprint density at radius 3 is 1.96 bits per heavy atom. The van der Waals surface area contributed by atoms with E-state index in [2.05, 4.69) is 31.0 Å². The van der Waals surface area contributed by atoms with Crippen LogP contribution in [0.1, 0.15) is 20.3 Å². The van der Waals surface area contributed by atoms with Gasteiger partial charge in [-0.15, -0.1) is 0 Å². The predicted octanol–water partition coefficient (Wildman–Crippen LogP) is 5.47. The summed E-state index contributed by atoms with van der Waals surface area (Å²) in [6.07, 6.45) is 6.28. The SMILES string of the molecule is C/C(=N\c1ccccn1)C1=CCC(/C(C)=N/c2ccccn2)=N1.[Cl][Fe][Cl]. The van der Waals surface area contributed by atoms with Gasteiger partial charge in [0.2, 0.25) is 0 Å². The Kier molecular flexibility index (Phi) is 8.65. The molecule has 0 spiro atoms. The molecule has 0 fully saturated rings. The maximum atomic E-state index is 4.76. The van der Waals surface area contributed by atoms with Crippen LogP contribution in [0.3, 0.4) is 0 Å². The van der Waals surface area contributed by atoms with E-state index in [1.807, 2.05) is 50.2 Å². The van der Waals surface area contributed by atoms with E-state index < -0.39 is 0 Å². The molecule has 0 atom stereocenters. The van der Waals surface area contributed by atoms with Crippen molar-refractivity contribution >= 4 is 49.0 Å². The topological polar surface area (TPSA) is 62.9 Å². The van der Waals surface area contributed by atoms with E-state index >= 15 is 0 Å². The molecule has 0 radical (unpaired) electrons. The first-order valence-electron chi connectivity index (χ1n) is 7.70. The Morgan fingerprint density at radius 2 is 1.46 bits per heavy atom. The van der Waals surface area contributed by atoms with Crippen LogP contribution in [0.4, 0.5) is 11.6 Å². The van der Waals surface area contributed by atoms with Gasteiger partial charge in [-0.05, 0) is 38.1 Å². The normalized spacial score (nSPS) is 14.5. The van der Waals surface area contributed by atoms with Crippen LogP contribution in [-0.2, 0) is 13.1 Å². The zero-order valence-electron chi connectivity index (χ0n) is 14.2. The van der Waals surface area contributed by atoms with Gasteiger partial charge in [0, 0.05) is 18.8 Å². The van der Waals surface area contributed by atoms with Crippen molar-refractivity contribution in [1.29, 1.82) is 0 Å². The van der Waals surface area contributed by atoms with Crippen LogP contribution in [0, 0.1) is 0 Å². The summed E-state index contributed by atoms with van der Waals surface area (Å²) >= 11 is 0.194. The van der Waals surface area contributed by atoms with Gasteiger partial charge in [-0.25, -0.2) is 24.9 Å². The molecule has 2 aromatic heterocycles. The number of pyridine rings is 2. The quantitative estimate of drug-likeness (QED) is 0.478. The number of hydrogen-bond donors (Lipinski definition) is 0. The minimum atomic E-state index is 0.194. The maximum absolute atomic E-state index is 4.76. The van der Waals surface area contributed by atoms with E-state index in [-0.39, 0.29) is 13.1 Å². The van der Waals surface area contributed by atoms with Crippen molar-refractivity contribution in [3.8, 4) is 0 Å². The molecule has 0 bridgehead atoms. The molecule has 0 amide bonds. The Labute approximate surface area is 167 Å². The molecule has 8 heteroatoms. The molecule has 0 aliphatic carbocycles. The van der Waals surface area contributed by atoms with Crippen LogP contribution < -0.4 is 0 Å². The second kappa shape index (κ2) is 11.0. The van der Waals surface area contributed by atoms with Gasteiger partial charge in [-0.3, -0.25) is 0 Å². The summed E-state index contributed by atoms with van der Waals surface area (Å²) in [7, 11) is 9.53. The number of allylic oxidation sites excluding steroid dienone is 2. The van der Waals surface area contributed by atoms with Crippen LogP contribution in [0.15, 0.2) is 75.5 Å². The van der Waals surface area contributed by atoms with Gasteiger partial charge < -0.3 is 0 Å². The molecule has 1 aliphatic heterocycles. The Balaban J connectivity index is 0.000000758. The Hall–Kier alpha value is -1.85. The van der Waals surface area contributed by atoms with E-state index in [1.165, 1.54) is 0 Å². The average Bonchev–Trinajstić information content (AvgIpc) is 3.15. The molecule has 0 N–H and O–H groups in total. The minimum absolute atomic E-state index is 0.194. The van der Waals surface area contributed by atoms with Crippen molar-refractivity contribution in [2.75, 3.05) is 0 Å². The van der Waals surface area contributed by atoms with Crippen LogP contribution in [0.25, 0.3) is 0 Å². The molecule has 3 heterocycles. The molecule has 0 saturated carbocycles. The van der Waals surface area contributed by atoms with Crippen molar-refractivity contribution in [2.24, 2.45) is 15.0 Å². The molecule has 0 unspecified atom stereocenters. The number of aliphatic imine (C=N–C) groups is 3. The van der Waals surface area contributed by atoms with Crippen LogP contribution >= 0.6 is 20.2 Å². The summed E-state index contributed by atoms with van der Waals surface area (Å²) in [6.45, 7) is 3.90. The third-order valence-electron chi connectivity index (χ3n) is 3.40. The molecule has 1 aliphatic rings. The van der Waals surface area contributed by atoms with Gasteiger partial charge in [-0.2, -0.15) is 0 Å². The number of hydrogen-bond acceptors (Lipinski definition) is 5. The summed E-state index contributed by atoms with van der Waals surface area (Å²) in [6, 6.07) is 11.3. The fourth-order valence-electron chi connectivity index (χ4n) is 2.19. The van der Waals surface area contributed by atoms with Gasteiger partial charge >= 0.3 is 33.3 Å². The first-order valence-corrected chi connectivity index (χ1v) is 10.7. The summed E-state index contributed by atoms with van der Waals surface area (Å²) in [5.41, 5.74) is 3.55. The van der Waals surface area contributed by atoms with Crippen LogP contribution in [0.2, 0.25) is 0 Å². The predicted molar refractivity (Wildman–Crippen MR) is 106 cm³/mol. The van der Waals surface area contributed by atoms with Crippen molar-refractivity contribution in [2.45, 2.75) is 20.3 Å². The van der Waals surface area contributed by atoms with Crippen LogP contribution in [0.5, 0.6) is 0 Å². The molecule has 26 heavy (non-hydrogen) atoms. The first-order chi connectivity index (χ1) is 12.6. The van der Waals surface area contributed by atoms with E-state index in [0.29, 0.717) is 11.6 Å². The van der Waals surface area contributed by atoms with E-state index in [0.717, 1.165) is 29.3 Å². The van der Waals surface area contributed by atoms with E-state index in [4.69, 9.17) is 20.2 Å². The summed E-state index contributed by atoms with van der Waals surface area (Å²) in [5, 5.41) is 0. The molecule has 3 rings (SSSR count). The van der Waals surface area contributed by atoms with Gasteiger partial charge in [-0.1, -0.05) is 18.2 Å². The Morgan fingerprint density at radius 1 is 0.923 bits per heavy atom.